The number of para-hydroxylation sites is 1. The van der Waals surface area contributed by atoms with Crippen molar-refractivity contribution in [2.75, 3.05) is 20.2 Å². The van der Waals surface area contributed by atoms with E-state index in [0.29, 0.717) is 51.6 Å². The SMILES string of the molecule is COc1ccc(C[C@@]2(CCC(=O)N3CCC(Oc4ccccc4F)CC3)CCC(=O)N2)cc1. The second-order valence-electron chi connectivity index (χ2n) is 8.98. The molecule has 33 heavy (non-hydrogen) atoms. The van der Waals surface area contributed by atoms with Crippen molar-refractivity contribution in [3.63, 3.8) is 0 Å². The summed E-state index contributed by atoms with van der Waals surface area (Å²) in [5.74, 6) is 0.828. The van der Waals surface area contributed by atoms with Gasteiger partial charge in [-0.25, -0.2) is 4.39 Å². The van der Waals surface area contributed by atoms with Gasteiger partial charge in [0.05, 0.1) is 7.11 Å². The Morgan fingerprint density at radius 2 is 1.88 bits per heavy atom. The van der Waals surface area contributed by atoms with Gasteiger partial charge in [-0.3, -0.25) is 9.59 Å². The minimum Gasteiger partial charge on any atom is -0.497 e. The van der Waals surface area contributed by atoms with Crippen molar-refractivity contribution in [2.24, 2.45) is 0 Å². The number of nitrogens with one attached hydrogen (secondary N) is 1. The number of carbonyl (C=O) groups is 2. The molecule has 6 nitrogen and oxygen atoms in total. The number of hydrogen-bond acceptors (Lipinski definition) is 4. The Hall–Kier alpha value is -3.09. The third-order valence-corrected chi connectivity index (χ3v) is 6.68. The number of piperidine rings is 1. The van der Waals surface area contributed by atoms with E-state index in [9.17, 15) is 14.0 Å². The Morgan fingerprint density at radius 3 is 2.52 bits per heavy atom. The Kier molecular flexibility index (Phi) is 7.16. The lowest BCUT2D eigenvalue weighted by molar-refractivity contribution is -0.133. The molecular weight excluding hydrogens is 423 g/mol. The molecule has 2 aromatic carbocycles. The normalized spacial score (nSPS) is 21.0. The van der Waals surface area contributed by atoms with Gasteiger partial charge in [-0.1, -0.05) is 24.3 Å². The van der Waals surface area contributed by atoms with Gasteiger partial charge >= 0.3 is 0 Å². The van der Waals surface area contributed by atoms with E-state index >= 15 is 0 Å². The first-order valence-electron chi connectivity index (χ1n) is 11.6. The minimum atomic E-state index is -0.395. The van der Waals surface area contributed by atoms with Crippen molar-refractivity contribution < 1.29 is 23.5 Å². The zero-order chi connectivity index (χ0) is 23.3. The second kappa shape index (κ2) is 10.2. The average Bonchev–Trinajstić information content (AvgIpc) is 3.20. The summed E-state index contributed by atoms with van der Waals surface area (Å²) >= 11 is 0. The smallest absolute Gasteiger partial charge is 0.222 e. The van der Waals surface area contributed by atoms with Crippen molar-refractivity contribution in [3.8, 4) is 11.5 Å². The lowest BCUT2D eigenvalue weighted by atomic mass is 9.84. The average molecular weight is 455 g/mol. The molecule has 0 unspecified atom stereocenters. The first-order chi connectivity index (χ1) is 16.0. The van der Waals surface area contributed by atoms with E-state index in [-0.39, 0.29) is 29.5 Å². The van der Waals surface area contributed by atoms with E-state index in [2.05, 4.69) is 5.32 Å². The topological polar surface area (TPSA) is 67.9 Å². The first kappa shape index (κ1) is 23.1. The highest BCUT2D eigenvalue weighted by Gasteiger charge is 2.38. The van der Waals surface area contributed by atoms with Crippen LogP contribution in [0.5, 0.6) is 11.5 Å². The zero-order valence-electron chi connectivity index (χ0n) is 19.0. The standard InChI is InChI=1S/C26H31FN2O4/c1-32-20-8-6-19(7-9-20)18-26(14-10-24(30)28-26)15-11-25(31)29-16-12-21(13-17-29)33-23-5-3-2-4-22(23)27/h2-9,21H,10-18H2,1H3,(H,28,30)/t26-/m0/s1. The summed E-state index contributed by atoms with van der Waals surface area (Å²) in [5, 5.41) is 3.15. The molecule has 0 aromatic heterocycles. The minimum absolute atomic E-state index is 0.0436. The van der Waals surface area contributed by atoms with Gasteiger partial charge in [-0.2, -0.15) is 0 Å². The van der Waals surface area contributed by atoms with Gasteiger partial charge in [-0.05, 0) is 49.1 Å². The molecule has 0 bridgehead atoms. The number of methoxy groups -OCH3 is 1. The summed E-state index contributed by atoms with van der Waals surface area (Å²) in [7, 11) is 1.63. The van der Waals surface area contributed by atoms with Gasteiger partial charge in [0.2, 0.25) is 11.8 Å². The predicted octanol–water partition coefficient (Wildman–Crippen LogP) is 3.88. The Bertz CT molecular complexity index is 973. The van der Waals surface area contributed by atoms with E-state index in [0.717, 1.165) is 17.7 Å². The van der Waals surface area contributed by atoms with Crippen LogP contribution in [0.25, 0.3) is 0 Å². The fourth-order valence-corrected chi connectivity index (χ4v) is 4.76. The van der Waals surface area contributed by atoms with Gasteiger partial charge in [0, 0.05) is 44.3 Å². The summed E-state index contributed by atoms with van der Waals surface area (Å²) < 4.78 is 24.9. The summed E-state index contributed by atoms with van der Waals surface area (Å²) in [4.78, 5) is 26.8. The number of benzene rings is 2. The molecule has 0 saturated carbocycles. The summed E-state index contributed by atoms with van der Waals surface area (Å²) in [5.41, 5.74) is 0.713. The third-order valence-electron chi connectivity index (χ3n) is 6.68. The molecule has 2 saturated heterocycles. The summed E-state index contributed by atoms with van der Waals surface area (Å²) in [6, 6.07) is 14.2. The van der Waals surface area contributed by atoms with E-state index < -0.39 is 5.54 Å². The molecule has 0 spiro atoms. The molecule has 0 radical (unpaired) electrons. The Balaban J connectivity index is 1.30. The van der Waals surface area contributed by atoms with Crippen molar-refractivity contribution in [1.82, 2.24) is 10.2 Å². The molecule has 176 valence electrons. The van der Waals surface area contributed by atoms with E-state index in [1.807, 2.05) is 29.2 Å². The van der Waals surface area contributed by atoms with Crippen LogP contribution in [0.15, 0.2) is 48.5 Å². The number of carbonyl (C=O) groups excluding carboxylic acids is 2. The van der Waals surface area contributed by atoms with E-state index in [1.165, 1.54) is 6.07 Å². The molecule has 4 rings (SSSR count). The fraction of sp³-hybridized carbons (Fsp3) is 0.462. The molecule has 7 heteroatoms. The number of hydrogen-bond donors (Lipinski definition) is 1. The highest BCUT2D eigenvalue weighted by molar-refractivity contribution is 5.80. The lowest BCUT2D eigenvalue weighted by Gasteiger charge is -2.34. The number of halogens is 1. The van der Waals surface area contributed by atoms with Gasteiger partial charge in [-0.15, -0.1) is 0 Å². The van der Waals surface area contributed by atoms with Crippen LogP contribution < -0.4 is 14.8 Å². The van der Waals surface area contributed by atoms with Crippen molar-refractivity contribution in [2.45, 2.75) is 56.6 Å². The monoisotopic (exact) mass is 454 g/mol. The zero-order valence-corrected chi connectivity index (χ0v) is 19.0. The fourth-order valence-electron chi connectivity index (χ4n) is 4.76. The maximum absolute atomic E-state index is 13.8. The van der Waals surface area contributed by atoms with E-state index in [4.69, 9.17) is 9.47 Å². The van der Waals surface area contributed by atoms with Crippen LogP contribution >= 0.6 is 0 Å². The van der Waals surface area contributed by atoms with Gasteiger partial charge in [0.1, 0.15) is 11.9 Å². The lowest BCUT2D eigenvalue weighted by Crippen LogP contribution is -2.46. The van der Waals surface area contributed by atoms with Crippen molar-refractivity contribution >= 4 is 11.8 Å². The summed E-state index contributed by atoms with van der Waals surface area (Å²) in [6.45, 7) is 1.19. The predicted molar refractivity (Wildman–Crippen MR) is 123 cm³/mol. The molecule has 1 atom stereocenters. The van der Waals surface area contributed by atoms with Gasteiger partial charge in [0.25, 0.3) is 0 Å². The highest BCUT2D eigenvalue weighted by Crippen LogP contribution is 2.31. The highest BCUT2D eigenvalue weighted by atomic mass is 19.1. The number of likely N-dealkylation sites (tertiary alicyclic amines) is 1. The Labute approximate surface area is 194 Å². The second-order valence-corrected chi connectivity index (χ2v) is 8.98. The molecule has 0 aliphatic carbocycles. The molecule has 2 aliphatic heterocycles. The van der Waals surface area contributed by atoms with Crippen LogP contribution in [-0.2, 0) is 16.0 Å². The van der Waals surface area contributed by atoms with E-state index in [1.54, 1.807) is 25.3 Å². The molecule has 2 amide bonds. The van der Waals surface area contributed by atoms with Crippen molar-refractivity contribution in [3.05, 3.63) is 59.9 Å². The molecule has 2 aromatic rings. The summed E-state index contributed by atoms with van der Waals surface area (Å²) in [6.07, 6.45) is 4.15. The number of nitrogens with zero attached hydrogens (tertiary/aromatic N) is 1. The maximum Gasteiger partial charge on any atom is 0.222 e. The molecule has 2 fully saturated rings. The van der Waals surface area contributed by atoms with Gasteiger partial charge in [0.15, 0.2) is 11.6 Å². The third kappa shape index (κ3) is 5.83. The van der Waals surface area contributed by atoms with Gasteiger partial charge < -0.3 is 19.7 Å². The van der Waals surface area contributed by atoms with Crippen LogP contribution in [0.1, 0.15) is 44.1 Å². The van der Waals surface area contributed by atoms with Crippen molar-refractivity contribution in [1.29, 1.82) is 0 Å². The molecule has 2 heterocycles. The van der Waals surface area contributed by atoms with Crippen LogP contribution in [0, 0.1) is 5.82 Å². The quantitative estimate of drug-likeness (QED) is 0.658. The number of rotatable bonds is 8. The maximum atomic E-state index is 13.8. The molecule has 1 N–H and O–H groups in total. The van der Waals surface area contributed by atoms with Crippen LogP contribution in [0.2, 0.25) is 0 Å². The molecular formula is C26H31FN2O4. The van der Waals surface area contributed by atoms with Crippen LogP contribution in [-0.4, -0.2) is 48.6 Å². The number of amides is 2. The molecule has 2 aliphatic rings. The van der Waals surface area contributed by atoms with Crippen LogP contribution in [0.3, 0.4) is 0 Å². The van der Waals surface area contributed by atoms with Crippen LogP contribution in [0.4, 0.5) is 4.39 Å². The number of ether oxygens (including phenoxy) is 2. The largest absolute Gasteiger partial charge is 0.497 e. The first-order valence-corrected chi connectivity index (χ1v) is 11.6. The Morgan fingerprint density at radius 1 is 1.15 bits per heavy atom.